The van der Waals surface area contributed by atoms with Gasteiger partial charge in [-0.15, -0.1) is 10.2 Å². The molecule has 1 aliphatic heterocycles. The van der Waals surface area contributed by atoms with Crippen LogP contribution >= 0.6 is 0 Å². The molecule has 0 aliphatic carbocycles. The SMILES string of the molecule is O=C(O)NC1(c2c(C(=O)O)[nH]c(=O)[nH]c2=O)C=NN=N1. The van der Waals surface area contributed by atoms with Crippen LogP contribution in [0.1, 0.15) is 16.1 Å². The maximum absolute atomic E-state index is 11.8. The Bertz CT molecular complexity index is 745. The average Bonchev–Trinajstić information content (AvgIpc) is 2.75. The highest BCUT2D eigenvalue weighted by molar-refractivity contribution is 5.91. The van der Waals surface area contributed by atoms with Crippen molar-refractivity contribution in [3.8, 4) is 0 Å². The summed E-state index contributed by atoms with van der Waals surface area (Å²) in [5.74, 6) is -1.65. The van der Waals surface area contributed by atoms with E-state index in [0.29, 0.717) is 0 Å². The maximum Gasteiger partial charge on any atom is 0.407 e. The number of H-pyrrole nitrogens is 2. The Morgan fingerprint density at radius 1 is 1.25 bits per heavy atom. The molecule has 1 unspecified atom stereocenters. The monoisotopic (exact) mass is 282 g/mol. The van der Waals surface area contributed by atoms with Gasteiger partial charge in [0.15, 0.2) is 0 Å². The van der Waals surface area contributed by atoms with Gasteiger partial charge < -0.3 is 15.2 Å². The van der Waals surface area contributed by atoms with Crippen molar-refractivity contribution in [3.05, 3.63) is 32.1 Å². The summed E-state index contributed by atoms with van der Waals surface area (Å²) in [7, 11) is 0. The van der Waals surface area contributed by atoms with Crippen molar-refractivity contribution in [2.45, 2.75) is 5.66 Å². The summed E-state index contributed by atoms with van der Waals surface area (Å²) < 4.78 is 0. The van der Waals surface area contributed by atoms with Gasteiger partial charge in [0.25, 0.3) is 5.56 Å². The summed E-state index contributed by atoms with van der Waals surface area (Å²) >= 11 is 0. The second-order valence-corrected chi connectivity index (χ2v) is 3.59. The molecule has 0 fully saturated rings. The summed E-state index contributed by atoms with van der Waals surface area (Å²) in [6, 6.07) is 0. The number of hydrogen-bond donors (Lipinski definition) is 5. The summed E-state index contributed by atoms with van der Waals surface area (Å²) in [5.41, 5.74) is -5.78. The zero-order chi connectivity index (χ0) is 14.9. The number of aromatic carboxylic acids is 1. The summed E-state index contributed by atoms with van der Waals surface area (Å²) in [5, 5.41) is 29.5. The number of carboxylic acids is 1. The van der Waals surface area contributed by atoms with E-state index in [1.54, 1.807) is 4.98 Å². The van der Waals surface area contributed by atoms with E-state index in [-0.39, 0.29) is 0 Å². The molecule has 104 valence electrons. The molecule has 1 amide bonds. The van der Waals surface area contributed by atoms with Crippen LogP contribution in [-0.4, -0.2) is 38.5 Å². The molecule has 0 bridgehead atoms. The number of rotatable bonds is 3. The molecule has 0 aromatic carbocycles. The Hall–Kier alpha value is -3.31. The highest BCUT2D eigenvalue weighted by Gasteiger charge is 2.42. The summed E-state index contributed by atoms with van der Waals surface area (Å²) in [4.78, 5) is 48.5. The molecule has 2 rings (SSSR count). The molecule has 0 saturated carbocycles. The molecular formula is C8H6N6O6. The number of hydrogen-bond acceptors (Lipinski definition) is 7. The van der Waals surface area contributed by atoms with Crippen molar-refractivity contribution in [1.82, 2.24) is 15.3 Å². The first-order valence-electron chi connectivity index (χ1n) is 4.93. The Morgan fingerprint density at radius 2 is 1.95 bits per heavy atom. The third kappa shape index (κ3) is 2.05. The third-order valence-corrected chi connectivity index (χ3v) is 2.33. The quantitative estimate of drug-likeness (QED) is 0.454. The van der Waals surface area contributed by atoms with Crippen molar-refractivity contribution < 1.29 is 19.8 Å². The lowest BCUT2D eigenvalue weighted by Crippen LogP contribution is -2.50. The molecule has 12 nitrogen and oxygen atoms in total. The lowest BCUT2D eigenvalue weighted by molar-refractivity contribution is 0.0686. The van der Waals surface area contributed by atoms with E-state index in [9.17, 15) is 19.2 Å². The van der Waals surface area contributed by atoms with Gasteiger partial charge >= 0.3 is 17.8 Å². The fourth-order valence-corrected chi connectivity index (χ4v) is 1.64. The summed E-state index contributed by atoms with van der Waals surface area (Å²) in [6.07, 6.45) is -0.768. The van der Waals surface area contributed by atoms with Gasteiger partial charge in [-0.3, -0.25) is 15.1 Å². The minimum absolute atomic E-state index is 0.656. The molecule has 1 aromatic rings. The van der Waals surface area contributed by atoms with Gasteiger partial charge in [0.05, 0.1) is 6.21 Å². The van der Waals surface area contributed by atoms with Gasteiger partial charge in [-0.1, -0.05) is 0 Å². The number of carbonyl (C=O) groups is 2. The van der Waals surface area contributed by atoms with Crippen LogP contribution in [0.25, 0.3) is 0 Å². The molecule has 0 spiro atoms. The van der Waals surface area contributed by atoms with Crippen molar-refractivity contribution in [3.63, 3.8) is 0 Å². The number of nitrogens with one attached hydrogen (secondary N) is 3. The van der Waals surface area contributed by atoms with Gasteiger partial charge in [0, 0.05) is 0 Å². The number of aromatic nitrogens is 2. The van der Waals surface area contributed by atoms with Crippen LogP contribution in [0, 0.1) is 0 Å². The highest BCUT2D eigenvalue weighted by atomic mass is 16.4. The molecule has 5 N–H and O–H groups in total. The zero-order valence-electron chi connectivity index (χ0n) is 9.45. The minimum Gasteiger partial charge on any atom is -0.477 e. The first-order valence-corrected chi connectivity index (χ1v) is 4.93. The Labute approximate surface area is 107 Å². The fraction of sp³-hybridized carbons (Fsp3) is 0.125. The fourth-order valence-electron chi connectivity index (χ4n) is 1.64. The smallest absolute Gasteiger partial charge is 0.407 e. The topological polar surface area (TPSA) is 189 Å². The maximum atomic E-state index is 11.8. The molecule has 0 radical (unpaired) electrons. The van der Waals surface area contributed by atoms with Crippen LogP contribution in [0.15, 0.2) is 25.0 Å². The van der Waals surface area contributed by atoms with E-state index in [2.05, 4.69) is 15.4 Å². The lowest BCUT2D eigenvalue weighted by Gasteiger charge is -2.21. The number of carboxylic acid groups (broad SMARTS) is 2. The van der Waals surface area contributed by atoms with Crippen molar-refractivity contribution in [2.24, 2.45) is 15.4 Å². The lowest BCUT2D eigenvalue weighted by atomic mass is 10.0. The normalized spacial score (nSPS) is 20.0. The molecule has 2 heterocycles. The molecular weight excluding hydrogens is 276 g/mol. The van der Waals surface area contributed by atoms with E-state index in [0.717, 1.165) is 6.21 Å². The second kappa shape index (κ2) is 4.42. The second-order valence-electron chi connectivity index (χ2n) is 3.59. The predicted octanol–water partition coefficient (Wildman–Crippen LogP) is -1.37. The van der Waals surface area contributed by atoms with Crippen molar-refractivity contribution >= 4 is 18.3 Å². The molecule has 12 heteroatoms. The Morgan fingerprint density at radius 3 is 2.45 bits per heavy atom. The van der Waals surface area contributed by atoms with E-state index >= 15 is 0 Å². The largest absolute Gasteiger partial charge is 0.477 e. The average molecular weight is 282 g/mol. The van der Waals surface area contributed by atoms with Gasteiger partial charge in [0.2, 0.25) is 5.66 Å². The van der Waals surface area contributed by atoms with Crippen molar-refractivity contribution in [2.75, 3.05) is 0 Å². The number of aromatic amines is 2. The summed E-state index contributed by atoms with van der Waals surface area (Å²) in [6.45, 7) is 0. The van der Waals surface area contributed by atoms with Gasteiger partial charge in [0.1, 0.15) is 11.3 Å². The van der Waals surface area contributed by atoms with Crippen molar-refractivity contribution in [1.29, 1.82) is 0 Å². The third-order valence-electron chi connectivity index (χ3n) is 2.33. The minimum atomic E-state index is -2.11. The standard InChI is InChI=1S/C8H6N6O6/c15-4-2(3(5(16)17)10-6(18)11-4)8(12-7(19)20)1-9-14-13-8/h1,12H,(H,16,17)(H,19,20)(H2,10,11,15,18). The first-order chi connectivity index (χ1) is 9.35. The van der Waals surface area contributed by atoms with Crippen LogP contribution in [-0.2, 0) is 5.66 Å². The van der Waals surface area contributed by atoms with Crippen LogP contribution in [0.3, 0.4) is 0 Å². The number of amides is 1. The van der Waals surface area contributed by atoms with Gasteiger partial charge in [-0.25, -0.2) is 14.4 Å². The predicted molar refractivity (Wildman–Crippen MR) is 60.8 cm³/mol. The molecule has 1 aromatic heterocycles. The van der Waals surface area contributed by atoms with Crippen LogP contribution in [0.4, 0.5) is 4.79 Å². The zero-order valence-corrected chi connectivity index (χ0v) is 9.45. The Balaban J connectivity index is 2.79. The molecule has 1 atom stereocenters. The van der Waals surface area contributed by atoms with Gasteiger partial charge in [-0.2, -0.15) is 0 Å². The van der Waals surface area contributed by atoms with Gasteiger partial charge in [-0.05, 0) is 5.22 Å². The molecule has 20 heavy (non-hydrogen) atoms. The van der Waals surface area contributed by atoms with Crippen LogP contribution in [0.5, 0.6) is 0 Å². The van der Waals surface area contributed by atoms with E-state index in [4.69, 9.17) is 10.2 Å². The first kappa shape index (κ1) is 13.1. The molecule has 1 aliphatic rings. The van der Waals surface area contributed by atoms with E-state index in [1.165, 1.54) is 0 Å². The van der Waals surface area contributed by atoms with Crippen LogP contribution in [0.2, 0.25) is 0 Å². The highest BCUT2D eigenvalue weighted by Crippen LogP contribution is 2.24. The van der Waals surface area contributed by atoms with Crippen LogP contribution < -0.4 is 16.6 Å². The molecule has 0 saturated heterocycles. The number of nitrogens with zero attached hydrogens (tertiary/aromatic N) is 3. The Kier molecular flexibility index (Phi) is 2.90. The van der Waals surface area contributed by atoms with E-state index in [1.807, 2.05) is 10.3 Å². The van der Waals surface area contributed by atoms with E-state index < -0.39 is 40.2 Å².